The normalized spacial score (nSPS) is 10.4. The van der Waals surface area contributed by atoms with Gasteiger partial charge in [0.25, 0.3) is 5.91 Å². The van der Waals surface area contributed by atoms with Crippen molar-refractivity contribution in [3.63, 3.8) is 0 Å². The van der Waals surface area contributed by atoms with Gasteiger partial charge in [0, 0.05) is 23.6 Å². The maximum absolute atomic E-state index is 12.3. The lowest BCUT2D eigenvalue weighted by Crippen LogP contribution is -2.38. The number of ether oxygens (including phenoxy) is 1. The Morgan fingerprint density at radius 3 is 2.50 bits per heavy atom. The van der Waals surface area contributed by atoms with Crippen molar-refractivity contribution in [1.29, 1.82) is 0 Å². The number of amides is 2. The number of carbonyl (C=O) groups excluding carboxylic acids is 2. The second kappa shape index (κ2) is 10.6. The molecule has 5 nitrogen and oxygen atoms in total. The van der Waals surface area contributed by atoms with Gasteiger partial charge >= 0.3 is 0 Å². The summed E-state index contributed by atoms with van der Waals surface area (Å²) < 4.78 is 5.15. The van der Waals surface area contributed by atoms with Gasteiger partial charge < -0.3 is 15.4 Å². The molecule has 0 saturated carbocycles. The summed E-state index contributed by atoms with van der Waals surface area (Å²) in [5.41, 5.74) is 2.54. The summed E-state index contributed by atoms with van der Waals surface area (Å²) in [6, 6.07) is 15.6. The van der Waals surface area contributed by atoms with Gasteiger partial charge in [0.15, 0.2) is 0 Å². The molecule has 0 atom stereocenters. The van der Waals surface area contributed by atoms with Crippen LogP contribution in [0.1, 0.15) is 17.3 Å². The minimum absolute atomic E-state index is 0.0579. The smallest absolute Gasteiger partial charge is 0.251 e. The summed E-state index contributed by atoms with van der Waals surface area (Å²) in [6.45, 7) is 3.35. The number of rotatable bonds is 9. The highest BCUT2D eigenvalue weighted by molar-refractivity contribution is 7.98. The van der Waals surface area contributed by atoms with E-state index in [4.69, 9.17) is 4.74 Å². The maximum Gasteiger partial charge on any atom is 0.251 e. The van der Waals surface area contributed by atoms with Crippen LogP contribution in [0.25, 0.3) is 11.1 Å². The maximum atomic E-state index is 12.3. The Kier molecular flexibility index (Phi) is 8.18. The molecule has 0 fully saturated rings. The number of hydrogen-bond acceptors (Lipinski definition) is 4. The predicted octanol–water partition coefficient (Wildman–Crippen LogP) is 2.96. The van der Waals surface area contributed by atoms with Gasteiger partial charge in [0.05, 0.1) is 13.2 Å². The first-order valence-electron chi connectivity index (χ1n) is 8.51. The number of thioether (sulfide) groups is 1. The molecule has 0 bridgehead atoms. The van der Waals surface area contributed by atoms with E-state index in [0.29, 0.717) is 25.3 Å². The Morgan fingerprint density at radius 1 is 1.04 bits per heavy atom. The minimum atomic E-state index is -0.271. The summed E-state index contributed by atoms with van der Waals surface area (Å²) >= 11 is 1.69. The Labute approximate surface area is 158 Å². The zero-order valence-corrected chi connectivity index (χ0v) is 15.9. The molecule has 2 aromatic carbocycles. The van der Waals surface area contributed by atoms with Crippen molar-refractivity contribution in [3.8, 4) is 11.1 Å². The predicted molar refractivity (Wildman–Crippen MR) is 105 cm³/mol. The lowest BCUT2D eigenvalue weighted by atomic mass is 10.0. The number of carbonyl (C=O) groups is 2. The van der Waals surface area contributed by atoms with Crippen LogP contribution in [0.5, 0.6) is 0 Å². The number of benzene rings is 2. The zero-order valence-electron chi connectivity index (χ0n) is 15.1. The van der Waals surface area contributed by atoms with Gasteiger partial charge in [-0.1, -0.05) is 24.3 Å². The molecule has 0 aliphatic heterocycles. The molecule has 0 aromatic heterocycles. The van der Waals surface area contributed by atoms with Crippen LogP contribution in [0.15, 0.2) is 53.4 Å². The van der Waals surface area contributed by atoms with E-state index in [9.17, 15) is 9.59 Å². The van der Waals surface area contributed by atoms with Crippen LogP contribution in [0, 0.1) is 0 Å². The Balaban J connectivity index is 1.92. The van der Waals surface area contributed by atoms with Crippen LogP contribution in [0.3, 0.4) is 0 Å². The van der Waals surface area contributed by atoms with Gasteiger partial charge in [-0.15, -0.1) is 11.8 Å². The Bertz CT molecular complexity index is 732. The summed E-state index contributed by atoms with van der Waals surface area (Å²) in [6.07, 6.45) is 2.03. The van der Waals surface area contributed by atoms with Crippen molar-refractivity contribution >= 4 is 23.6 Å². The standard InChI is InChI=1S/C20H24N2O3S/c1-3-25-12-11-21-19(23)14-22-20(24)17-6-4-5-16(13-17)15-7-9-18(26-2)10-8-15/h4-10,13H,3,11-12,14H2,1-2H3,(H,21,23)(H,22,24). The molecule has 6 heteroatoms. The summed E-state index contributed by atoms with van der Waals surface area (Å²) in [5, 5.41) is 5.33. The molecule has 0 radical (unpaired) electrons. The van der Waals surface area contributed by atoms with Gasteiger partial charge in [-0.25, -0.2) is 0 Å². The Morgan fingerprint density at radius 2 is 1.81 bits per heavy atom. The van der Waals surface area contributed by atoms with Crippen molar-refractivity contribution in [1.82, 2.24) is 10.6 Å². The quantitative estimate of drug-likeness (QED) is 0.525. The molecule has 2 N–H and O–H groups in total. The highest BCUT2D eigenvalue weighted by Gasteiger charge is 2.09. The van der Waals surface area contributed by atoms with Crippen LogP contribution in [0.4, 0.5) is 0 Å². The fourth-order valence-electron chi connectivity index (χ4n) is 2.36. The first-order chi connectivity index (χ1) is 12.6. The van der Waals surface area contributed by atoms with E-state index in [1.54, 1.807) is 17.8 Å². The van der Waals surface area contributed by atoms with Crippen molar-refractivity contribution in [2.45, 2.75) is 11.8 Å². The van der Waals surface area contributed by atoms with E-state index in [2.05, 4.69) is 22.8 Å². The molecular formula is C20H24N2O3S. The molecule has 0 spiro atoms. The molecule has 138 valence electrons. The molecule has 2 amide bonds. The monoisotopic (exact) mass is 372 g/mol. The minimum Gasteiger partial charge on any atom is -0.380 e. The van der Waals surface area contributed by atoms with Crippen molar-refractivity contribution in [2.75, 3.05) is 32.6 Å². The summed E-state index contributed by atoms with van der Waals surface area (Å²) in [5.74, 6) is -0.505. The van der Waals surface area contributed by atoms with Gasteiger partial charge in [0.1, 0.15) is 0 Å². The fraction of sp³-hybridized carbons (Fsp3) is 0.300. The van der Waals surface area contributed by atoms with Gasteiger partial charge in [0.2, 0.25) is 5.91 Å². The first-order valence-corrected chi connectivity index (χ1v) is 9.73. The largest absolute Gasteiger partial charge is 0.380 e. The SMILES string of the molecule is CCOCCNC(=O)CNC(=O)c1cccc(-c2ccc(SC)cc2)c1. The van der Waals surface area contributed by atoms with E-state index in [0.717, 1.165) is 11.1 Å². The van der Waals surface area contributed by atoms with Crippen molar-refractivity contribution in [3.05, 3.63) is 54.1 Å². The molecule has 2 aromatic rings. The molecule has 26 heavy (non-hydrogen) atoms. The highest BCUT2D eigenvalue weighted by Crippen LogP contribution is 2.23. The average Bonchev–Trinajstić information content (AvgIpc) is 2.69. The number of nitrogens with one attached hydrogen (secondary N) is 2. The molecule has 2 rings (SSSR count). The topological polar surface area (TPSA) is 67.4 Å². The third-order valence-electron chi connectivity index (χ3n) is 3.73. The molecule has 0 aliphatic rings. The zero-order chi connectivity index (χ0) is 18.8. The van der Waals surface area contributed by atoms with E-state index in [1.165, 1.54) is 4.90 Å². The van der Waals surface area contributed by atoms with E-state index in [-0.39, 0.29) is 18.4 Å². The van der Waals surface area contributed by atoms with Gasteiger partial charge in [-0.05, 0) is 48.6 Å². The molecule has 0 unspecified atom stereocenters. The molecule has 0 saturated heterocycles. The lowest BCUT2D eigenvalue weighted by Gasteiger charge is -2.08. The summed E-state index contributed by atoms with van der Waals surface area (Å²) in [4.78, 5) is 25.2. The second-order valence-electron chi connectivity index (χ2n) is 5.54. The first kappa shape index (κ1) is 20.0. The van der Waals surface area contributed by atoms with Gasteiger partial charge in [-0.3, -0.25) is 9.59 Å². The van der Waals surface area contributed by atoms with Crippen LogP contribution < -0.4 is 10.6 Å². The van der Waals surface area contributed by atoms with E-state index < -0.39 is 0 Å². The van der Waals surface area contributed by atoms with Crippen LogP contribution in [-0.4, -0.2) is 44.4 Å². The van der Waals surface area contributed by atoms with Crippen LogP contribution >= 0.6 is 11.8 Å². The second-order valence-corrected chi connectivity index (χ2v) is 6.42. The highest BCUT2D eigenvalue weighted by atomic mass is 32.2. The van der Waals surface area contributed by atoms with Crippen LogP contribution in [-0.2, 0) is 9.53 Å². The number of hydrogen-bond donors (Lipinski definition) is 2. The lowest BCUT2D eigenvalue weighted by molar-refractivity contribution is -0.120. The molecular weight excluding hydrogens is 348 g/mol. The third kappa shape index (κ3) is 6.20. The third-order valence-corrected chi connectivity index (χ3v) is 4.47. The van der Waals surface area contributed by atoms with E-state index >= 15 is 0 Å². The molecule has 0 aliphatic carbocycles. The fourth-order valence-corrected chi connectivity index (χ4v) is 2.76. The summed E-state index contributed by atoms with van der Waals surface area (Å²) in [7, 11) is 0. The Hall–Kier alpha value is -2.31. The van der Waals surface area contributed by atoms with Crippen LogP contribution in [0.2, 0.25) is 0 Å². The average molecular weight is 372 g/mol. The van der Waals surface area contributed by atoms with Crippen molar-refractivity contribution in [2.24, 2.45) is 0 Å². The van der Waals surface area contributed by atoms with Crippen molar-refractivity contribution < 1.29 is 14.3 Å². The van der Waals surface area contributed by atoms with E-state index in [1.807, 2.05) is 43.5 Å². The van der Waals surface area contributed by atoms with Gasteiger partial charge in [-0.2, -0.15) is 0 Å². The molecule has 0 heterocycles.